The Kier molecular flexibility index (Phi) is 6.32. The van der Waals surface area contributed by atoms with Crippen LogP contribution in [0.2, 0.25) is 5.02 Å². The number of anilines is 1. The Balaban J connectivity index is 1.74. The largest absolute Gasteiger partial charge is 0.380 e. The molecule has 26 heavy (non-hydrogen) atoms. The lowest BCUT2D eigenvalue weighted by Crippen LogP contribution is -2.14. The molecule has 3 aromatic rings. The summed E-state index contributed by atoms with van der Waals surface area (Å²) in [5.41, 5.74) is 3.06. The molecular formula is C19H17ClN2O2S2. The van der Waals surface area contributed by atoms with E-state index in [0.717, 1.165) is 20.5 Å². The number of ether oxygens (including phenoxy) is 1. The molecule has 134 valence electrons. The average Bonchev–Trinajstić information content (AvgIpc) is 3.03. The quantitative estimate of drug-likeness (QED) is 0.576. The Labute approximate surface area is 165 Å². The molecule has 3 rings (SSSR count). The number of nitrogens with zero attached hydrogens (tertiary/aromatic N) is 1. The van der Waals surface area contributed by atoms with Gasteiger partial charge >= 0.3 is 0 Å². The maximum absolute atomic E-state index is 12.6. The molecule has 0 aliphatic carbocycles. The Morgan fingerprint density at radius 1 is 1.31 bits per heavy atom. The molecule has 0 saturated heterocycles. The zero-order valence-electron chi connectivity index (χ0n) is 14.3. The first-order valence-corrected chi connectivity index (χ1v) is 9.92. The Morgan fingerprint density at radius 2 is 2.12 bits per heavy atom. The topological polar surface area (TPSA) is 51.2 Å². The fraction of sp³-hybridized carbons (Fsp3) is 0.158. The molecule has 0 bridgehead atoms. The number of nitrogens with one attached hydrogen (secondary N) is 1. The van der Waals surface area contributed by atoms with Gasteiger partial charge in [-0.25, -0.2) is 4.98 Å². The number of carbonyl (C=O) groups excluding carboxylic acids is 1. The van der Waals surface area contributed by atoms with Gasteiger partial charge in [0.25, 0.3) is 5.91 Å². The van der Waals surface area contributed by atoms with Crippen molar-refractivity contribution in [3.05, 3.63) is 69.7 Å². The third-order valence-electron chi connectivity index (χ3n) is 3.55. The summed E-state index contributed by atoms with van der Waals surface area (Å²) in [7, 11) is 1.61. The molecule has 1 amide bonds. The first kappa shape index (κ1) is 18.9. The molecule has 1 N–H and O–H groups in total. The van der Waals surface area contributed by atoms with Gasteiger partial charge in [0.1, 0.15) is 0 Å². The third kappa shape index (κ3) is 4.65. The minimum absolute atomic E-state index is 0.190. The van der Waals surface area contributed by atoms with Crippen LogP contribution in [0.4, 0.5) is 5.69 Å². The second-order valence-electron chi connectivity index (χ2n) is 5.55. The number of benzene rings is 2. The smallest absolute Gasteiger partial charge is 0.256 e. The Hall–Kier alpha value is -1.86. The van der Waals surface area contributed by atoms with E-state index in [1.807, 2.05) is 42.6 Å². The first-order chi connectivity index (χ1) is 12.6. The van der Waals surface area contributed by atoms with Crippen molar-refractivity contribution in [1.29, 1.82) is 0 Å². The molecule has 1 aromatic heterocycles. The normalized spacial score (nSPS) is 10.7. The number of halogens is 1. The van der Waals surface area contributed by atoms with Crippen LogP contribution in [-0.2, 0) is 11.3 Å². The molecule has 0 aliphatic rings. The van der Waals surface area contributed by atoms with Crippen LogP contribution in [0.15, 0.2) is 57.1 Å². The van der Waals surface area contributed by atoms with Crippen LogP contribution in [-0.4, -0.2) is 18.0 Å². The summed E-state index contributed by atoms with van der Waals surface area (Å²) < 4.78 is 6.09. The third-order valence-corrected chi connectivity index (χ3v) is 6.10. The van der Waals surface area contributed by atoms with Gasteiger partial charge in [0.05, 0.1) is 11.6 Å². The zero-order chi connectivity index (χ0) is 18.5. The predicted octanol–water partition coefficient (Wildman–Crippen LogP) is 5.65. The van der Waals surface area contributed by atoms with Crippen LogP contribution < -0.4 is 5.32 Å². The Morgan fingerprint density at radius 3 is 2.81 bits per heavy atom. The second-order valence-corrected chi connectivity index (χ2v) is 8.10. The molecule has 0 fully saturated rings. The van der Waals surface area contributed by atoms with Gasteiger partial charge in [-0.1, -0.05) is 41.6 Å². The van der Waals surface area contributed by atoms with E-state index in [1.165, 1.54) is 11.8 Å². The molecular weight excluding hydrogens is 388 g/mol. The molecule has 0 unspecified atom stereocenters. The van der Waals surface area contributed by atoms with Gasteiger partial charge in [0.2, 0.25) is 0 Å². The molecule has 0 saturated carbocycles. The summed E-state index contributed by atoms with van der Waals surface area (Å²) in [5, 5.41) is 5.47. The lowest BCUT2D eigenvalue weighted by Gasteiger charge is -2.11. The van der Waals surface area contributed by atoms with Crippen LogP contribution in [0.5, 0.6) is 0 Å². The molecule has 0 radical (unpaired) electrons. The predicted molar refractivity (Wildman–Crippen MR) is 108 cm³/mol. The summed E-state index contributed by atoms with van der Waals surface area (Å²) in [4.78, 5) is 17.9. The zero-order valence-corrected chi connectivity index (χ0v) is 16.7. The van der Waals surface area contributed by atoms with E-state index in [4.69, 9.17) is 16.3 Å². The van der Waals surface area contributed by atoms with E-state index in [-0.39, 0.29) is 5.91 Å². The summed E-state index contributed by atoms with van der Waals surface area (Å²) >= 11 is 9.48. The number of hydrogen-bond donors (Lipinski definition) is 1. The molecule has 7 heteroatoms. The molecule has 4 nitrogen and oxygen atoms in total. The number of rotatable bonds is 6. The van der Waals surface area contributed by atoms with Crippen LogP contribution in [0, 0.1) is 6.92 Å². The van der Waals surface area contributed by atoms with Gasteiger partial charge < -0.3 is 10.1 Å². The van der Waals surface area contributed by atoms with Gasteiger partial charge in [-0.3, -0.25) is 4.79 Å². The highest BCUT2D eigenvalue weighted by molar-refractivity contribution is 8.01. The fourth-order valence-corrected chi connectivity index (χ4v) is 4.45. The fourth-order valence-electron chi connectivity index (χ4n) is 2.36. The van der Waals surface area contributed by atoms with Crippen molar-refractivity contribution in [2.24, 2.45) is 0 Å². The number of aromatic nitrogens is 1. The average molecular weight is 405 g/mol. The van der Waals surface area contributed by atoms with Crippen LogP contribution >= 0.6 is 34.7 Å². The maximum Gasteiger partial charge on any atom is 0.256 e. The Bertz CT molecular complexity index is 927. The van der Waals surface area contributed by atoms with E-state index in [0.29, 0.717) is 22.9 Å². The summed E-state index contributed by atoms with van der Waals surface area (Å²) in [6.07, 6.45) is 0. The minimum atomic E-state index is -0.190. The molecule has 0 aliphatic heterocycles. The van der Waals surface area contributed by atoms with Crippen molar-refractivity contribution in [2.75, 3.05) is 12.4 Å². The summed E-state index contributed by atoms with van der Waals surface area (Å²) in [6.45, 7) is 2.34. The molecule has 0 atom stereocenters. The highest BCUT2D eigenvalue weighted by atomic mass is 35.5. The first-order valence-electron chi connectivity index (χ1n) is 7.84. The number of hydrogen-bond acceptors (Lipinski definition) is 5. The lowest BCUT2D eigenvalue weighted by atomic mass is 10.1. The number of methoxy groups -OCH3 is 1. The highest BCUT2D eigenvalue weighted by Gasteiger charge is 2.12. The van der Waals surface area contributed by atoms with Crippen molar-refractivity contribution < 1.29 is 9.53 Å². The van der Waals surface area contributed by atoms with E-state index >= 15 is 0 Å². The molecule has 1 heterocycles. The summed E-state index contributed by atoms with van der Waals surface area (Å²) in [6, 6.07) is 12.8. The minimum Gasteiger partial charge on any atom is -0.380 e. The number of thiazole rings is 1. The maximum atomic E-state index is 12.6. The highest BCUT2D eigenvalue weighted by Crippen LogP contribution is 2.36. The monoisotopic (exact) mass is 404 g/mol. The van der Waals surface area contributed by atoms with Crippen molar-refractivity contribution in [2.45, 2.75) is 22.8 Å². The van der Waals surface area contributed by atoms with E-state index in [2.05, 4.69) is 10.3 Å². The second kappa shape index (κ2) is 8.68. The van der Waals surface area contributed by atoms with Gasteiger partial charge in [-0.15, -0.1) is 11.3 Å². The van der Waals surface area contributed by atoms with Crippen LogP contribution in [0.3, 0.4) is 0 Å². The van der Waals surface area contributed by atoms with Gasteiger partial charge in [-0.05, 0) is 36.8 Å². The SMILES string of the molecule is COCc1ccccc1C(=O)Nc1ccc(Sc2nc(C)cs2)c(Cl)c1. The number of amides is 1. The van der Waals surface area contributed by atoms with Crippen LogP contribution in [0.1, 0.15) is 21.6 Å². The standard InChI is InChI=1S/C19H17ClN2O2S2/c1-12-11-25-19(21-12)26-17-8-7-14(9-16(17)20)22-18(23)15-6-4-3-5-13(15)10-24-2/h3-9,11H,10H2,1-2H3,(H,22,23). The summed E-state index contributed by atoms with van der Waals surface area (Å²) in [5.74, 6) is -0.190. The van der Waals surface area contributed by atoms with E-state index < -0.39 is 0 Å². The van der Waals surface area contributed by atoms with Gasteiger partial charge in [0, 0.05) is 34.3 Å². The van der Waals surface area contributed by atoms with Gasteiger partial charge in [-0.2, -0.15) is 0 Å². The van der Waals surface area contributed by atoms with E-state index in [9.17, 15) is 4.79 Å². The number of carbonyl (C=O) groups is 1. The molecule has 2 aromatic carbocycles. The van der Waals surface area contributed by atoms with Crippen LogP contribution in [0.25, 0.3) is 0 Å². The van der Waals surface area contributed by atoms with Crippen molar-refractivity contribution in [3.63, 3.8) is 0 Å². The van der Waals surface area contributed by atoms with Crippen molar-refractivity contribution >= 4 is 46.3 Å². The van der Waals surface area contributed by atoms with Crippen molar-refractivity contribution in [1.82, 2.24) is 4.98 Å². The van der Waals surface area contributed by atoms with Crippen molar-refractivity contribution in [3.8, 4) is 0 Å². The van der Waals surface area contributed by atoms with E-state index in [1.54, 1.807) is 30.6 Å². The lowest BCUT2D eigenvalue weighted by molar-refractivity contribution is 0.102. The number of aryl methyl sites for hydroxylation is 1. The molecule has 0 spiro atoms. The van der Waals surface area contributed by atoms with Gasteiger partial charge in [0.15, 0.2) is 4.34 Å².